The van der Waals surface area contributed by atoms with Gasteiger partial charge >= 0.3 is 11.9 Å². The molecule has 0 bridgehead atoms. The van der Waals surface area contributed by atoms with Crippen molar-refractivity contribution in [2.45, 2.75) is 57.5 Å². The second-order valence-corrected chi connectivity index (χ2v) is 4.00. The van der Waals surface area contributed by atoms with Crippen LogP contribution in [0.15, 0.2) is 0 Å². The molecule has 4 heteroatoms. The van der Waals surface area contributed by atoms with Gasteiger partial charge in [-0.3, -0.25) is 9.59 Å². The van der Waals surface area contributed by atoms with Gasteiger partial charge in [-0.15, -0.1) is 0 Å². The first-order chi connectivity index (χ1) is 7.18. The predicted octanol–water partition coefficient (Wildman–Crippen LogP) is 2.12. The second kappa shape index (κ2) is 6.43. The second-order valence-electron chi connectivity index (χ2n) is 4.00. The maximum atomic E-state index is 11.3. The summed E-state index contributed by atoms with van der Waals surface area (Å²) in [6.45, 7) is 0. The van der Waals surface area contributed by atoms with Gasteiger partial charge in [0.2, 0.25) is 0 Å². The Kier molecular flexibility index (Phi) is 5.15. The lowest BCUT2D eigenvalue weighted by molar-refractivity contribution is -0.149. The third-order valence-corrected chi connectivity index (χ3v) is 2.62. The van der Waals surface area contributed by atoms with Crippen LogP contribution in [-0.2, 0) is 14.3 Å². The molecule has 15 heavy (non-hydrogen) atoms. The molecule has 0 heterocycles. The van der Waals surface area contributed by atoms with Crippen LogP contribution in [-0.4, -0.2) is 23.1 Å². The largest absolute Gasteiger partial charge is 0.481 e. The van der Waals surface area contributed by atoms with Gasteiger partial charge in [0.15, 0.2) is 0 Å². The van der Waals surface area contributed by atoms with E-state index in [1.165, 1.54) is 0 Å². The molecule has 86 valence electrons. The molecule has 1 rings (SSSR count). The van der Waals surface area contributed by atoms with Gasteiger partial charge in [-0.2, -0.15) is 0 Å². The summed E-state index contributed by atoms with van der Waals surface area (Å²) >= 11 is 0. The number of carbonyl (C=O) groups is 2. The van der Waals surface area contributed by atoms with E-state index in [1.54, 1.807) is 0 Å². The number of carboxylic acids is 1. The summed E-state index contributed by atoms with van der Waals surface area (Å²) in [6.07, 6.45) is 6.04. The fourth-order valence-corrected chi connectivity index (χ4v) is 1.80. The molecule has 0 aliphatic heterocycles. The van der Waals surface area contributed by atoms with E-state index in [9.17, 15) is 9.59 Å². The lowest BCUT2D eigenvalue weighted by Gasteiger charge is -2.10. The Balaban J connectivity index is 2.00. The molecule has 0 aromatic carbocycles. The quantitative estimate of drug-likeness (QED) is 0.543. The van der Waals surface area contributed by atoms with E-state index in [-0.39, 0.29) is 18.5 Å². The Morgan fingerprint density at radius 3 is 2.33 bits per heavy atom. The lowest BCUT2D eigenvalue weighted by atomic mass is 10.2. The third kappa shape index (κ3) is 5.40. The third-order valence-electron chi connectivity index (χ3n) is 2.62. The van der Waals surface area contributed by atoms with Crippen LogP contribution in [0.4, 0.5) is 0 Å². The maximum absolute atomic E-state index is 11.3. The molecule has 0 spiro atoms. The smallest absolute Gasteiger partial charge is 0.306 e. The van der Waals surface area contributed by atoms with Gasteiger partial charge < -0.3 is 9.84 Å². The number of ether oxygens (including phenoxy) is 1. The number of hydrogen-bond donors (Lipinski definition) is 1. The molecule has 1 aliphatic rings. The van der Waals surface area contributed by atoms with Crippen LogP contribution in [0.5, 0.6) is 0 Å². The topological polar surface area (TPSA) is 63.6 Å². The zero-order valence-corrected chi connectivity index (χ0v) is 8.91. The maximum Gasteiger partial charge on any atom is 0.306 e. The molecule has 0 saturated heterocycles. The monoisotopic (exact) mass is 214 g/mol. The van der Waals surface area contributed by atoms with Gasteiger partial charge in [0.1, 0.15) is 6.10 Å². The van der Waals surface area contributed by atoms with E-state index in [0.29, 0.717) is 19.3 Å². The van der Waals surface area contributed by atoms with Crippen molar-refractivity contribution >= 4 is 11.9 Å². The van der Waals surface area contributed by atoms with Crippen LogP contribution in [0.1, 0.15) is 51.4 Å². The van der Waals surface area contributed by atoms with Crippen molar-refractivity contribution in [1.29, 1.82) is 0 Å². The van der Waals surface area contributed by atoms with Crippen LogP contribution in [0, 0.1) is 0 Å². The van der Waals surface area contributed by atoms with Gasteiger partial charge in [0.05, 0.1) is 0 Å². The minimum absolute atomic E-state index is 0.122. The zero-order valence-electron chi connectivity index (χ0n) is 8.91. The summed E-state index contributed by atoms with van der Waals surface area (Å²) in [5.74, 6) is -0.980. The van der Waals surface area contributed by atoms with Crippen molar-refractivity contribution in [1.82, 2.24) is 0 Å². The van der Waals surface area contributed by atoms with Gasteiger partial charge in [-0.25, -0.2) is 0 Å². The summed E-state index contributed by atoms with van der Waals surface area (Å²) in [4.78, 5) is 21.5. The SMILES string of the molecule is O=C(O)CCCCC(=O)OC1CCCC1. The van der Waals surface area contributed by atoms with E-state index in [2.05, 4.69) is 0 Å². The molecular weight excluding hydrogens is 196 g/mol. The highest BCUT2D eigenvalue weighted by molar-refractivity contribution is 5.70. The Labute approximate surface area is 89.6 Å². The first-order valence-electron chi connectivity index (χ1n) is 5.60. The average molecular weight is 214 g/mol. The molecule has 1 fully saturated rings. The van der Waals surface area contributed by atoms with E-state index in [4.69, 9.17) is 9.84 Å². The van der Waals surface area contributed by atoms with Crippen LogP contribution in [0.2, 0.25) is 0 Å². The summed E-state index contributed by atoms with van der Waals surface area (Å²) in [5.41, 5.74) is 0. The summed E-state index contributed by atoms with van der Waals surface area (Å²) in [6, 6.07) is 0. The molecule has 0 unspecified atom stereocenters. The molecular formula is C11H18O4. The number of rotatable bonds is 6. The van der Waals surface area contributed by atoms with Gasteiger partial charge in [-0.1, -0.05) is 0 Å². The Morgan fingerprint density at radius 2 is 1.73 bits per heavy atom. The van der Waals surface area contributed by atoms with Gasteiger partial charge in [-0.05, 0) is 38.5 Å². The Morgan fingerprint density at radius 1 is 1.13 bits per heavy atom. The molecule has 1 aliphatic carbocycles. The van der Waals surface area contributed by atoms with Crippen molar-refractivity contribution in [3.8, 4) is 0 Å². The number of esters is 1. The highest BCUT2D eigenvalue weighted by Crippen LogP contribution is 2.21. The molecule has 0 amide bonds. The summed E-state index contributed by atoms with van der Waals surface area (Å²) in [7, 11) is 0. The fraction of sp³-hybridized carbons (Fsp3) is 0.818. The molecule has 1 N–H and O–H groups in total. The van der Waals surface area contributed by atoms with Crippen LogP contribution in [0.3, 0.4) is 0 Å². The Hall–Kier alpha value is -1.06. The van der Waals surface area contributed by atoms with Crippen molar-refractivity contribution in [3.63, 3.8) is 0 Å². The van der Waals surface area contributed by atoms with Crippen molar-refractivity contribution < 1.29 is 19.4 Å². The van der Waals surface area contributed by atoms with E-state index < -0.39 is 5.97 Å². The standard InChI is InChI=1S/C11H18O4/c12-10(13)7-3-4-8-11(14)15-9-5-1-2-6-9/h9H,1-8H2,(H,12,13). The first kappa shape index (κ1) is 12.0. The summed E-state index contributed by atoms with van der Waals surface area (Å²) < 4.78 is 5.23. The fourth-order valence-electron chi connectivity index (χ4n) is 1.80. The molecule has 4 nitrogen and oxygen atoms in total. The number of hydrogen-bond acceptors (Lipinski definition) is 3. The average Bonchev–Trinajstić information content (AvgIpc) is 2.64. The molecule has 0 aromatic rings. The molecule has 0 atom stereocenters. The highest BCUT2D eigenvalue weighted by Gasteiger charge is 2.18. The van der Waals surface area contributed by atoms with Crippen LogP contribution >= 0.6 is 0 Å². The number of carbonyl (C=O) groups excluding carboxylic acids is 1. The molecule has 0 radical (unpaired) electrons. The molecule has 1 saturated carbocycles. The van der Waals surface area contributed by atoms with Crippen LogP contribution < -0.4 is 0 Å². The van der Waals surface area contributed by atoms with E-state index in [0.717, 1.165) is 25.7 Å². The number of aliphatic carboxylic acids is 1. The lowest BCUT2D eigenvalue weighted by Crippen LogP contribution is -2.14. The highest BCUT2D eigenvalue weighted by atomic mass is 16.5. The van der Waals surface area contributed by atoms with Gasteiger partial charge in [0.25, 0.3) is 0 Å². The van der Waals surface area contributed by atoms with Crippen LogP contribution in [0.25, 0.3) is 0 Å². The van der Waals surface area contributed by atoms with Crippen molar-refractivity contribution in [2.24, 2.45) is 0 Å². The first-order valence-corrected chi connectivity index (χ1v) is 5.60. The summed E-state index contributed by atoms with van der Waals surface area (Å²) in [5, 5.41) is 8.39. The van der Waals surface area contributed by atoms with Crippen molar-refractivity contribution in [3.05, 3.63) is 0 Å². The van der Waals surface area contributed by atoms with E-state index >= 15 is 0 Å². The zero-order chi connectivity index (χ0) is 11.1. The van der Waals surface area contributed by atoms with Crippen molar-refractivity contribution in [2.75, 3.05) is 0 Å². The Bertz CT molecular complexity index is 219. The number of carboxylic acid groups (broad SMARTS) is 1. The predicted molar refractivity (Wildman–Crippen MR) is 54.5 cm³/mol. The van der Waals surface area contributed by atoms with E-state index in [1.807, 2.05) is 0 Å². The minimum Gasteiger partial charge on any atom is -0.481 e. The number of unbranched alkanes of at least 4 members (excludes halogenated alkanes) is 1. The van der Waals surface area contributed by atoms with Gasteiger partial charge in [0, 0.05) is 12.8 Å². The normalized spacial score (nSPS) is 16.5. The molecule has 0 aromatic heterocycles. The minimum atomic E-state index is -0.806.